The van der Waals surface area contributed by atoms with Crippen molar-refractivity contribution < 1.29 is 4.79 Å². The van der Waals surface area contributed by atoms with Crippen LogP contribution in [-0.2, 0) is 11.2 Å². The van der Waals surface area contributed by atoms with Gasteiger partial charge >= 0.3 is 0 Å². The molecule has 84 valence electrons. The highest BCUT2D eigenvalue weighted by molar-refractivity contribution is 5.77. The van der Waals surface area contributed by atoms with Gasteiger partial charge in [0.05, 0.1) is 5.69 Å². The predicted octanol–water partition coefficient (Wildman–Crippen LogP) is 3.88. The van der Waals surface area contributed by atoms with Gasteiger partial charge in [0.15, 0.2) is 0 Å². The lowest BCUT2D eigenvalue weighted by atomic mass is 10.0. The first kappa shape index (κ1) is 11.3. The third-order valence-electron chi connectivity index (χ3n) is 2.72. The summed E-state index contributed by atoms with van der Waals surface area (Å²) < 4.78 is 0. The molecule has 0 radical (unpaired) electrons. The summed E-state index contributed by atoms with van der Waals surface area (Å²) >= 11 is 0. The van der Waals surface area contributed by atoms with E-state index in [0.717, 1.165) is 17.5 Å². The summed E-state index contributed by atoms with van der Waals surface area (Å²) in [7, 11) is 0. The van der Waals surface area contributed by atoms with Gasteiger partial charge in [0.25, 0.3) is 0 Å². The summed E-state index contributed by atoms with van der Waals surface area (Å²) in [5.74, 6) is 0. The molecule has 2 aromatic rings. The number of aryl methyl sites for hydroxylation is 1. The Morgan fingerprint density at radius 2 is 1.88 bits per heavy atom. The van der Waals surface area contributed by atoms with Gasteiger partial charge in [-0.2, -0.15) is 4.99 Å². The molecule has 0 heterocycles. The molecule has 17 heavy (non-hydrogen) atoms. The Kier molecular flexibility index (Phi) is 3.49. The molecule has 0 N–H and O–H groups in total. The highest BCUT2D eigenvalue weighted by Crippen LogP contribution is 2.30. The smallest absolute Gasteiger partial charge is 0.211 e. The predicted molar refractivity (Wildman–Crippen MR) is 69.0 cm³/mol. The van der Waals surface area contributed by atoms with E-state index in [2.05, 4.69) is 18.0 Å². The maximum Gasteiger partial charge on any atom is 0.240 e. The van der Waals surface area contributed by atoms with Crippen molar-refractivity contribution in [2.24, 2.45) is 4.99 Å². The summed E-state index contributed by atoms with van der Waals surface area (Å²) in [6.07, 6.45) is 2.57. The molecule has 0 atom stereocenters. The first-order valence-corrected chi connectivity index (χ1v) is 5.61. The third kappa shape index (κ3) is 2.49. The maximum atomic E-state index is 10.4. The van der Waals surface area contributed by atoms with Crippen molar-refractivity contribution in [3.05, 3.63) is 54.1 Å². The molecule has 0 aliphatic heterocycles. The molecular weight excluding hydrogens is 210 g/mol. The Balaban J connectivity index is 2.60. The van der Waals surface area contributed by atoms with Gasteiger partial charge < -0.3 is 0 Å². The van der Waals surface area contributed by atoms with Crippen molar-refractivity contribution in [2.45, 2.75) is 13.3 Å². The Bertz CT molecular complexity index is 554. The second-order valence-corrected chi connectivity index (χ2v) is 3.77. The van der Waals surface area contributed by atoms with E-state index in [0.29, 0.717) is 5.69 Å². The topological polar surface area (TPSA) is 29.4 Å². The zero-order chi connectivity index (χ0) is 12.1. The summed E-state index contributed by atoms with van der Waals surface area (Å²) in [5.41, 5.74) is 3.95. The molecule has 2 aromatic carbocycles. The fourth-order valence-electron chi connectivity index (χ4n) is 1.80. The van der Waals surface area contributed by atoms with Gasteiger partial charge in [0.1, 0.15) is 0 Å². The molecule has 0 bridgehead atoms. The lowest BCUT2D eigenvalue weighted by molar-refractivity contribution is 0.565. The van der Waals surface area contributed by atoms with Gasteiger partial charge in [0, 0.05) is 5.56 Å². The molecule has 2 nitrogen and oxygen atoms in total. The van der Waals surface area contributed by atoms with Crippen LogP contribution in [0, 0.1) is 0 Å². The first-order valence-electron chi connectivity index (χ1n) is 5.61. The van der Waals surface area contributed by atoms with Crippen LogP contribution in [0.5, 0.6) is 0 Å². The zero-order valence-corrected chi connectivity index (χ0v) is 9.68. The number of rotatable bonds is 3. The standard InChI is InChI=1S/C15H13NO/c1-2-12-8-9-15(16-11-17)14(10-12)13-6-4-3-5-7-13/h3-10H,2H2,1H3. The van der Waals surface area contributed by atoms with E-state index in [1.54, 1.807) is 6.08 Å². The van der Waals surface area contributed by atoms with Crippen LogP contribution in [0.3, 0.4) is 0 Å². The van der Waals surface area contributed by atoms with Gasteiger partial charge in [-0.1, -0.05) is 43.3 Å². The fraction of sp³-hybridized carbons (Fsp3) is 0.133. The molecule has 0 aromatic heterocycles. The van der Waals surface area contributed by atoms with Crippen LogP contribution in [0.25, 0.3) is 11.1 Å². The molecule has 0 saturated heterocycles. The van der Waals surface area contributed by atoms with Gasteiger partial charge in [-0.25, -0.2) is 4.79 Å². The van der Waals surface area contributed by atoms with Crippen LogP contribution in [0.4, 0.5) is 5.69 Å². The van der Waals surface area contributed by atoms with Crippen molar-refractivity contribution >= 4 is 11.8 Å². The Morgan fingerprint density at radius 3 is 2.53 bits per heavy atom. The summed E-state index contributed by atoms with van der Waals surface area (Å²) in [6.45, 7) is 2.10. The molecular formula is C15H13NO. The highest BCUT2D eigenvalue weighted by atomic mass is 16.1. The molecule has 0 unspecified atom stereocenters. The van der Waals surface area contributed by atoms with Crippen LogP contribution in [0.1, 0.15) is 12.5 Å². The van der Waals surface area contributed by atoms with Gasteiger partial charge in [-0.3, -0.25) is 0 Å². The summed E-state index contributed by atoms with van der Waals surface area (Å²) in [6, 6.07) is 15.9. The second kappa shape index (κ2) is 5.24. The number of nitrogens with zero attached hydrogens (tertiary/aromatic N) is 1. The van der Waals surface area contributed by atoms with E-state index in [4.69, 9.17) is 0 Å². The quantitative estimate of drug-likeness (QED) is 0.573. The van der Waals surface area contributed by atoms with Gasteiger partial charge in [-0.15, -0.1) is 0 Å². The Labute approximate surface area is 101 Å². The number of carbonyl (C=O) groups excluding carboxylic acids is 1. The molecule has 0 spiro atoms. The Hall–Kier alpha value is -2.18. The van der Waals surface area contributed by atoms with Crippen LogP contribution in [-0.4, -0.2) is 6.08 Å². The molecule has 0 saturated carbocycles. The lowest BCUT2D eigenvalue weighted by Crippen LogP contribution is -1.84. The van der Waals surface area contributed by atoms with Crippen LogP contribution >= 0.6 is 0 Å². The second-order valence-electron chi connectivity index (χ2n) is 3.77. The van der Waals surface area contributed by atoms with E-state index < -0.39 is 0 Å². The monoisotopic (exact) mass is 223 g/mol. The van der Waals surface area contributed by atoms with Crippen molar-refractivity contribution in [3.8, 4) is 11.1 Å². The molecule has 0 fully saturated rings. The van der Waals surface area contributed by atoms with E-state index >= 15 is 0 Å². The van der Waals surface area contributed by atoms with Crippen LogP contribution in [0.2, 0.25) is 0 Å². The first-order chi connectivity index (χ1) is 8.35. The van der Waals surface area contributed by atoms with Crippen molar-refractivity contribution in [3.63, 3.8) is 0 Å². The van der Waals surface area contributed by atoms with Crippen molar-refractivity contribution in [1.82, 2.24) is 0 Å². The molecule has 2 rings (SSSR count). The SMILES string of the molecule is CCc1ccc(N=C=O)c(-c2ccccc2)c1. The molecule has 0 aliphatic carbocycles. The zero-order valence-electron chi connectivity index (χ0n) is 9.68. The molecule has 2 heteroatoms. The van der Waals surface area contributed by atoms with Crippen molar-refractivity contribution in [2.75, 3.05) is 0 Å². The van der Waals surface area contributed by atoms with Gasteiger partial charge in [0.2, 0.25) is 6.08 Å². The summed E-state index contributed by atoms with van der Waals surface area (Å²) in [5, 5.41) is 0. The lowest BCUT2D eigenvalue weighted by Gasteiger charge is -2.07. The van der Waals surface area contributed by atoms with E-state index in [1.807, 2.05) is 42.5 Å². The van der Waals surface area contributed by atoms with Crippen LogP contribution < -0.4 is 0 Å². The number of hydrogen-bond acceptors (Lipinski definition) is 2. The normalized spacial score (nSPS) is 9.71. The molecule has 0 amide bonds. The number of aliphatic imine (C=N–C) groups is 1. The highest BCUT2D eigenvalue weighted by Gasteiger charge is 2.05. The molecule has 0 aliphatic rings. The number of hydrogen-bond donors (Lipinski definition) is 0. The van der Waals surface area contributed by atoms with Crippen molar-refractivity contribution in [1.29, 1.82) is 0 Å². The third-order valence-corrected chi connectivity index (χ3v) is 2.72. The fourth-order valence-corrected chi connectivity index (χ4v) is 1.80. The van der Waals surface area contributed by atoms with E-state index in [-0.39, 0.29) is 0 Å². The number of isocyanates is 1. The van der Waals surface area contributed by atoms with E-state index in [9.17, 15) is 4.79 Å². The Morgan fingerprint density at radius 1 is 1.12 bits per heavy atom. The average molecular weight is 223 g/mol. The minimum Gasteiger partial charge on any atom is -0.211 e. The minimum atomic E-state index is 0.670. The van der Waals surface area contributed by atoms with Gasteiger partial charge in [-0.05, 0) is 29.7 Å². The average Bonchev–Trinajstić information content (AvgIpc) is 2.40. The largest absolute Gasteiger partial charge is 0.240 e. The van der Waals surface area contributed by atoms with Crippen LogP contribution in [0.15, 0.2) is 53.5 Å². The summed E-state index contributed by atoms with van der Waals surface area (Å²) in [4.78, 5) is 14.2. The maximum absolute atomic E-state index is 10.4. The minimum absolute atomic E-state index is 0.670. The number of benzene rings is 2. The van der Waals surface area contributed by atoms with E-state index in [1.165, 1.54) is 5.56 Å².